The van der Waals surface area contributed by atoms with Crippen molar-refractivity contribution in [3.8, 4) is 11.5 Å². The zero-order chi connectivity index (χ0) is 21.7. The van der Waals surface area contributed by atoms with E-state index in [4.69, 9.17) is 28.6 Å². The Hall–Kier alpha value is -2.55. The van der Waals surface area contributed by atoms with Crippen LogP contribution in [0.4, 0.5) is 5.69 Å². The Bertz CT molecular complexity index is 1010. The summed E-state index contributed by atoms with van der Waals surface area (Å²) in [5, 5.41) is 13.1. The number of thioether (sulfide) groups is 1. The molecule has 1 heterocycles. The van der Waals surface area contributed by atoms with Gasteiger partial charge in [0.05, 0.1) is 12.0 Å². The molecule has 0 radical (unpaired) electrons. The molecular weight excluding hydrogens is 444 g/mol. The van der Waals surface area contributed by atoms with Crippen LogP contribution in [0.3, 0.4) is 0 Å². The second-order valence-corrected chi connectivity index (χ2v) is 8.54. The second-order valence-electron chi connectivity index (χ2n) is 6.42. The third-order valence-electron chi connectivity index (χ3n) is 4.29. The number of halogens is 1. The summed E-state index contributed by atoms with van der Waals surface area (Å²) in [6, 6.07) is 11.7. The summed E-state index contributed by atoms with van der Waals surface area (Å²) in [5.74, 6) is 0.00893. The number of phenols is 1. The van der Waals surface area contributed by atoms with E-state index in [-0.39, 0.29) is 24.0 Å². The van der Waals surface area contributed by atoms with Crippen molar-refractivity contribution >= 4 is 63.5 Å². The van der Waals surface area contributed by atoms with Crippen LogP contribution in [0.1, 0.15) is 18.4 Å². The molecule has 6 nitrogen and oxygen atoms in total. The Balaban J connectivity index is 1.56. The number of carbonyl (C=O) groups excluding carboxylic acids is 2. The third-order valence-corrected chi connectivity index (χ3v) is 5.92. The SMILES string of the molecule is COc1cc(/C=C2\SC(=S)N(CCCC(=O)Nc3ccc(Cl)cc3)C2=O)ccc1O. The van der Waals surface area contributed by atoms with Gasteiger partial charge in [-0.25, -0.2) is 0 Å². The van der Waals surface area contributed by atoms with Gasteiger partial charge in [-0.3, -0.25) is 14.5 Å². The van der Waals surface area contributed by atoms with Crippen LogP contribution in [0.2, 0.25) is 5.02 Å². The van der Waals surface area contributed by atoms with E-state index in [1.165, 1.54) is 29.8 Å². The molecule has 0 saturated carbocycles. The molecule has 3 rings (SSSR count). The number of amides is 2. The number of phenolic OH excluding ortho intramolecular Hbond substituents is 1. The lowest BCUT2D eigenvalue weighted by molar-refractivity contribution is -0.122. The average molecular weight is 463 g/mol. The molecule has 0 spiro atoms. The highest BCUT2D eigenvalue weighted by Crippen LogP contribution is 2.34. The zero-order valence-corrected chi connectivity index (χ0v) is 18.4. The Morgan fingerprint density at radius 3 is 2.73 bits per heavy atom. The van der Waals surface area contributed by atoms with Gasteiger partial charge < -0.3 is 15.2 Å². The molecule has 30 heavy (non-hydrogen) atoms. The monoisotopic (exact) mass is 462 g/mol. The lowest BCUT2D eigenvalue weighted by Crippen LogP contribution is -2.29. The van der Waals surface area contributed by atoms with Crippen LogP contribution in [0, 0.1) is 0 Å². The van der Waals surface area contributed by atoms with Gasteiger partial charge in [0.1, 0.15) is 4.32 Å². The predicted molar refractivity (Wildman–Crippen MR) is 124 cm³/mol. The van der Waals surface area contributed by atoms with Crippen molar-refractivity contribution < 1.29 is 19.4 Å². The number of ether oxygens (including phenoxy) is 1. The topological polar surface area (TPSA) is 78.9 Å². The number of nitrogens with zero attached hydrogens (tertiary/aromatic N) is 1. The van der Waals surface area contributed by atoms with Crippen LogP contribution in [0.5, 0.6) is 11.5 Å². The number of benzene rings is 2. The molecule has 2 aromatic carbocycles. The summed E-state index contributed by atoms with van der Waals surface area (Å²) in [5.41, 5.74) is 1.38. The minimum atomic E-state index is -0.199. The summed E-state index contributed by atoms with van der Waals surface area (Å²) in [4.78, 5) is 26.8. The average Bonchev–Trinajstić information content (AvgIpc) is 2.98. The minimum absolute atomic E-state index is 0.0269. The van der Waals surface area contributed by atoms with E-state index in [1.54, 1.807) is 42.5 Å². The van der Waals surface area contributed by atoms with Crippen LogP contribution in [-0.2, 0) is 9.59 Å². The van der Waals surface area contributed by atoms with Crippen molar-refractivity contribution in [1.82, 2.24) is 4.90 Å². The number of methoxy groups -OCH3 is 1. The zero-order valence-electron chi connectivity index (χ0n) is 16.1. The summed E-state index contributed by atoms with van der Waals surface area (Å²) in [6.07, 6.45) is 2.44. The van der Waals surface area contributed by atoms with Gasteiger partial charge in [0.15, 0.2) is 11.5 Å². The molecule has 2 amide bonds. The normalized spacial score (nSPS) is 15.0. The van der Waals surface area contributed by atoms with Crippen molar-refractivity contribution in [2.45, 2.75) is 12.8 Å². The maximum atomic E-state index is 12.7. The van der Waals surface area contributed by atoms with E-state index in [0.29, 0.717) is 44.2 Å². The van der Waals surface area contributed by atoms with Gasteiger partial charge in [0.25, 0.3) is 5.91 Å². The molecule has 156 valence electrons. The number of anilines is 1. The second kappa shape index (κ2) is 9.97. The molecule has 1 saturated heterocycles. The highest BCUT2D eigenvalue weighted by molar-refractivity contribution is 8.26. The van der Waals surface area contributed by atoms with Crippen molar-refractivity contribution in [2.24, 2.45) is 0 Å². The largest absolute Gasteiger partial charge is 0.504 e. The number of hydrogen-bond donors (Lipinski definition) is 2. The van der Waals surface area contributed by atoms with Crippen LogP contribution in [-0.4, -0.2) is 39.8 Å². The quantitative estimate of drug-likeness (QED) is 0.459. The summed E-state index contributed by atoms with van der Waals surface area (Å²) in [6.45, 7) is 0.356. The lowest BCUT2D eigenvalue weighted by Gasteiger charge is -2.14. The fraction of sp³-hybridized carbons (Fsp3) is 0.190. The smallest absolute Gasteiger partial charge is 0.266 e. The van der Waals surface area contributed by atoms with E-state index in [0.717, 1.165) is 0 Å². The highest BCUT2D eigenvalue weighted by atomic mass is 35.5. The molecule has 0 atom stereocenters. The maximum absolute atomic E-state index is 12.7. The van der Waals surface area contributed by atoms with Crippen molar-refractivity contribution in [2.75, 3.05) is 19.0 Å². The molecule has 2 aromatic rings. The molecule has 1 aliphatic rings. The first-order chi connectivity index (χ1) is 14.4. The number of thiocarbonyl (C=S) groups is 1. The number of nitrogens with one attached hydrogen (secondary N) is 1. The molecule has 2 N–H and O–H groups in total. The van der Waals surface area contributed by atoms with Crippen molar-refractivity contribution in [3.05, 3.63) is 58.0 Å². The van der Waals surface area contributed by atoms with E-state index >= 15 is 0 Å². The fourth-order valence-corrected chi connectivity index (χ4v) is 4.22. The third kappa shape index (κ3) is 5.53. The van der Waals surface area contributed by atoms with Gasteiger partial charge in [0, 0.05) is 23.7 Å². The van der Waals surface area contributed by atoms with Gasteiger partial charge in [-0.05, 0) is 54.5 Å². The highest BCUT2D eigenvalue weighted by Gasteiger charge is 2.31. The molecule has 1 aliphatic heterocycles. The van der Waals surface area contributed by atoms with Crippen LogP contribution < -0.4 is 10.1 Å². The van der Waals surface area contributed by atoms with E-state index in [2.05, 4.69) is 5.32 Å². The Labute approximate surface area is 188 Å². The molecule has 0 aliphatic carbocycles. The standard InChI is InChI=1S/C21H19ClN2O4S2/c1-28-17-11-13(4-9-16(17)25)12-18-20(27)24(21(29)30-18)10-2-3-19(26)23-15-7-5-14(22)6-8-15/h4-9,11-12,25H,2-3,10H2,1H3,(H,23,26)/b18-12-. The molecule has 9 heteroatoms. The van der Waals surface area contributed by atoms with Crippen LogP contribution in [0.15, 0.2) is 47.4 Å². The van der Waals surface area contributed by atoms with Crippen molar-refractivity contribution in [3.63, 3.8) is 0 Å². The predicted octanol–water partition coefficient (Wildman–Crippen LogP) is 4.67. The maximum Gasteiger partial charge on any atom is 0.266 e. The van der Waals surface area contributed by atoms with Gasteiger partial charge in [-0.15, -0.1) is 0 Å². The van der Waals surface area contributed by atoms with Crippen molar-refractivity contribution in [1.29, 1.82) is 0 Å². The molecule has 0 bridgehead atoms. The van der Waals surface area contributed by atoms with Crippen LogP contribution in [0.25, 0.3) is 6.08 Å². The lowest BCUT2D eigenvalue weighted by atomic mass is 10.2. The Kier molecular flexibility index (Phi) is 7.36. The Morgan fingerprint density at radius 2 is 2.03 bits per heavy atom. The first kappa shape index (κ1) is 22.1. The van der Waals surface area contributed by atoms with Gasteiger partial charge in [-0.1, -0.05) is 41.6 Å². The van der Waals surface area contributed by atoms with E-state index in [9.17, 15) is 14.7 Å². The minimum Gasteiger partial charge on any atom is -0.504 e. The summed E-state index contributed by atoms with van der Waals surface area (Å²) < 4.78 is 5.55. The van der Waals surface area contributed by atoms with Gasteiger partial charge in [0.2, 0.25) is 5.91 Å². The molecule has 0 aromatic heterocycles. The number of rotatable bonds is 7. The van der Waals surface area contributed by atoms with Gasteiger partial charge in [-0.2, -0.15) is 0 Å². The van der Waals surface area contributed by atoms with Crippen LogP contribution >= 0.6 is 35.6 Å². The molecule has 1 fully saturated rings. The first-order valence-corrected chi connectivity index (χ1v) is 10.7. The number of aromatic hydroxyl groups is 1. The summed E-state index contributed by atoms with van der Waals surface area (Å²) >= 11 is 12.4. The number of carbonyl (C=O) groups is 2. The first-order valence-electron chi connectivity index (χ1n) is 9.05. The summed E-state index contributed by atoms with van der Waals surface area (Å²) in [7, 11) is 1.46. The Morgan fingerprint density at radius 1 is 1.30 bits per heavy atom. The van der Waals surface area contributed by atoms with Gasteiger partial charge >= 0.3 is 0 Å². The van der Waals surface area contributed by atoms with E-state index in [1.807, 2.05) is 0 Å². The van der Waals surface area contributed by atoms with E-state index < -0.39 is 0 Å². The molecular formula is C21H19ClN2O4S2. The fourth-order valence-electron chi connectivity index (χ4n) is 2.78. The number of hydrogen-bond acceptors (Lipinski definition) is 6. The molecule has 0 unspecified atom stereocenters.